The highest BCUT2D eigenvalue weighted by atomic mass is 32.2. The van der Waals surface area contributed by atoms with Gasteiger partial charge in [-0.1, -0.05) is 29.2 Å². The Morgan fingerprint density at radius 3 is 2.68 bits per heavy atom. The van der Waals surface area contributed by atoms with E-state index in [1.54, 1.807) is 28.6 Å². The first kappa shape index (κ1) is 15.2. The molecule has 3 rings (SSSR count). The van der Waals surface area contributed by atoms with Crippen LogP contribution in [-0.2, 0) is 4.79 Å². The maximum atomic E-state index is 12.2. The molecule has 22 heavy (non-hydrogen) atoms. The van der Waals surface area contributed by atoms with E-state index >= 15 is 0 Å². The van der Waals surface area contributed by atoms with Gasteiger partial charge in [-0.25, -0.2) is 0 Å². The Morgan fingerprint density at radius 1 is 1.23 bits per heavy atom. The first-order valence-electron chi connectivity index (χ1n) is 6.61. The Balaban J connectivity index is 1.62. The number of nitrogens with zero attached hydrogens (tertiary/aromatic N) is 2. The number of amides is 1. The summed E-state index contributed by atoms with van der Waals surface area (Å²) in [6.07, 6.45) is 0. The Hall–Kier alpha value is -1.70. The predicted molar refractivity (Wildman–Crippen MR) is 91.8 cm³/mol. The van der Waals surface area contributed by atoms with E-state index in [-0.39, 0.29) is 11.8 Å². The minimum Gasteiger partial charge on any atom is -0.326 e. The van der Waals surface area contributed by atoms with Crippen molar-refractivity contribution in [3.63, 3.8) is 0 Å². The molecule has 1 amide bonds. The molecule has 0 unspecified atom stereocenters. The maximum absolute atomic E-state index is 12.2. The lowest BCUT2D eigenvalue weighted by Crippen LogP contribution is -2.17. The SMILES string of the molecule is C[C@H](C(=O)Nc1ccc(Sc2nncs2)cc1)c1cccs1. The van der Waals surface area contributed by atoms with Crippen molar-refractivity contribution >= 4 is 46.0 Å². The smallest absolute Gasteiger partial charge is 0.232 e. The summed E-state index contributed by atoms with van der Waals surface area (Å²) in [6.45, 7) is 1.92. The molecule has 1 N–H and O–H groups in total. The first-order valence-corrected chi connectivity index (χ1v) is 9.18. The van der Waals surface area contributed by atoms with Crippen molar-refractivity contribution in [1.29, 1.82) is 0 Å². The highest BCUT2D eigenvalue weighted by Gasteiger charge is 2.16. The lowest BCUT2D eigenvalue weighted by Gasteiger charge is -2.11. The lowest BCUT2D eigenvalue weighted by atomic mass is 10.1. The topological polar surface area (TPSA) is 54.9 Å². The molecule has 0 aliphatic rings. The Kier molecular flexibility index (Phi) is 4.87. The third kappa shape index (κ3) is 3.73. The van der Waals surface area contributed by atoms with Crippen LogP contribution in [0.5, 0.6) is 0 Å². The van der Waals surface area contributed by atoms with E-state index in [0.717, 1.165) is 19.8 Å². The second kappa shape index (κ2) is 7.04. The molecule has 0 bridgehead atoms. The summed E-state index contributed by atoms with van der Waals surface area (Å²) >= 11 is 4.67. The molecular weight excluding hydrogens is 334 g/mol. The van der Waals surface area contributed by atoms with Crippen LogP contribution < -0.4 is 5.32 Å². The summed E-state index contributed by atoms with van der Waals surface area (Å²) in [5, 5.41) is 12.7. The van der Waals surface area contributed by atoms with E-state index in [0.29, 0.717) is 0 Å². The molecule has 112 valence electrons. The molecule has 0 saturated heterocycles. The van der Waals surface area contributed by atoms with Crippen LogP contribution in [0.3, 0.4) is 0 Å². The molecule has 2 aromatic heterocycles. The number of benzene rings is 1. The number of rotatable bonds is 5. The van der Waals surface area contributed by atoms with E-state index in [9.17, 15) is 4.79 Å². The molecule has 1 atom stereocenters. The van der Waals surface area contributed by atoms with Gasteiger partial charge in [-0.2, -0.15) is 0 Å². The van der Waals surface area contributed by atoms with Gasteiger partial charge in [-0.15, -0.1) is 21.5 Å². The normalized spacial score (nSPS) is 12.0. The second-order valence-corrected chi connectivity index (χ2v) is 7.69. The fourth-order valence-electron chi connectivity index (χ4n) is 1.83. The Bertz CT molecular complexity index is 724. The van der Waals surface area contributed by atoms with E-state index in [1.165, 1.54) is 11.3 Å². The zero-order chi connectivity index (χ0) is 15.4. The summed E-state index contributed by atoms with van der Waals surface area (Å²) in [6, 6.07) is 11.7. The van der Waals surface area contributed by atoms with Gasteiger partial charge in [0.25, 0.3) is 0 Å². The summed E-state index contributed by atoms with van der Waals surface area (Å²) in [5.41, 5.74) is 2.51. The number of nitrogens with one attached hydrogen (secondary N) is 1. The molecule has 4 nitrogen and oxygen atoms in total. The fraction of sp³-hybridized carbons (Fsp3) is 0.133. The molecule has 2 heterocycles. The lowest BCUT2D eigenvalue weighted by molar-refractivity contribution is -0.117. The van der Waals surface area contributed by atoms with Crippen molar-refractivity contribution in [3.05, 3.63) is 52.2 Å². The van der Waals surface area contributed by atoms with Crippen LogP contribution in [0.15, 0.2) is 56.5 Å². The predicted octanol–water partition coefficient (Wildman–Crippen LogP) is 4.49. The van der Waals surface area contributed by atoms with Crippen molar-refractivity contribution in [1.82, 2.24) is 10.2 Å². The molecule has 1 aromatic carbocycles. The number of anilines is 1. The summed E-state index contributed by atoms with van der Waals surface area (Å²) in [5.74, 6) is -0.137. The third-order valence-corrected chi connectivity index (χ3v) is 5.87. The standard InChI is InChI=1S/C15H13N3OS3/c1-10(13-3-2-8-20-13)14(19)17-11-4-6-12(7-5-11)22-15-18-16-9-21-15/h2-10H,1H3,(H,17,19)/t10-/m0/s1. The zero-order valence-corrected chi connectivity index (χ0v) is 14.2. The molecule has 7 heteroatoms. The van der Waals surface area contributed by atoms with E-state index in [1.807, 2.05) is 48.7 Å². The molecule has 0 spiro atoms. The van der Waals surface area contributed by atoms with Gasteiger partial charge < -0.3 is 5.32 Å². The van der Waals surface area contributed by atoms with Gasteiger partial charge in [0.2, 0.25) is 5.91 Å². The van der Waals surface area contributed by atoms with Crippen LogP contribution >= 0.6 is 34.4 Å². The minimum absolute atomic E-state index is 0.00646. The largest absolute Gasteiger partial charge is 0.326 e. The molecule has 3 aromatic rings. The van der Waals surface area contributed by atoms with Gasteiger partial charge in [0.1, 0.15) is 5.51 Å². The molecule has 0 radical (unpaired) electrons. The monoisotopic (exact) mass is 347 g/mol. The average molecular weight is 347 g/mol. The molecule has 0 aliphatic heterocycles. The summed E-state index contributed by atoms with van der Waals surface area (Å²) < 4.78 is 0.906. The summed E-state index contributed by atoms with van der Waals surface area (Å²) in [4.78, 5) is 14.4. The van der Waals surface area contributed by atoms with E-state index < -0.39 is 0 Å². The van der Waals surface area contributed by atoms with Crippen LogP contribution in [0.25, 0.3) is 0 Å². The number of carbonyl (C=O) groups excluding carboxylic acids is 1. The van der Waals surface area contributed by atoms with Crippen molar-refractivity contribution in [2.24, 2.45) is 0 Å². The van der Waals surface area contributed by atoms with Crippen LogP contribution in [0, 0.1) is 0 Å². The average Bonchev–Trinajstić information content (AvgIpc) is 3.21. The van der Waals surface area contributed by atoms with Gasteiger partial charge >= 0.3 is 0 Å². The number of aromatic nitrogens is 2. The second-order valence-electron chi connectivity index (χ2n) is 4.56. The summed E-state index contributed by atoms with van der Waals surface area (Å²) in [7, 11) is 0. The number of hydrogen-bond donors (Lipinski definition) is 1. The van der Waals surface area contributed by atoms with E-state index in [4.69, 9.17) is 0 Å². The number of hydrogen-bond acceptors (Lipinski definition) is 6. The fourth-order valence-corrected chi connectivity index (χ4v) is 4.07. The first-order chi connectivity index (χ1) is 10.7. The Morgan fingerprint density at radius 2 is 2.05 bits per heavy atom. The van der Waals surface area contributed by atoms with Gasteiger partial charge in [0, 0.05) is 15.5 Å². The van der Waals surface area contributed by atoms with Crippen molar-refractivity contribution in [2.75, 3.05) is 5.32 Å². The third-order valence-electron chi connectivity index (χ3n) is 3.03. The number of thiophene rings is 1. The zero-order valence-electron chi connectivity index (χ0n) is 11.7. The molecule has 0 saturated carbocycles. The Labute approximate surface area is 140 Å². The van der Waals surface area contributed by atoms with Gasteiger partial charge in [0.15, 0.2) is 4.34 Å². The maximum Gasteiger partial charge on any atom is 0.232 e. The highest BCUT2D eigenvalue weighted by Crippen LogP contribution is 2.29. The van der Waals surface area contributed by atoms with Crippen molar-refractivity contribution in [3.8, 4) is 0 Å². The van der Waals surface area contributed by atoms with Gasteiger partial charge in [0.05, 0.1) is 5.92 Å². The van der Waals surface area contributed by atoms with Crippen LogP contribution in [0.4, 0.5) is 5.69 Å². The van der Waals surface area contributed by atoms with E-state index in [2.05, 4.69) is 15.5 Å². The van der Waals surface area contributed by atoms with Crippen molar-refractivity contribution < 1.29 is 4.79 Å². The van der Waals surface area contributed by atoms with Crippen LogP contribution in [0.1, 0.15) is 17.7 Å². The quantitative estimate of drug-likeness (QED) is 0.739. The van der Waals surface area contributed by atoms with Crippen molar-refractivity contribution in [2.45, 2.75) is 22.1 Å². The number of carbonyl (C=O) groups is 1. The van der Waals surface area contributed by atoms with Gasteiger partial charge in [-0.05, 0) is 42.6 Å². The highest BCUT2D eigenvalue weighted by molar-refractivity contribution is 8.01. The van der Waals surface area contributed by atoms with Crippen LogP contribution in [-0.4, -0.2) is 16.1 Å². The molecule has 0 fully saturated rings. The molecule has 0 aliphatic carbocycles. The van der Waals surface area contributed by atoms with Crippen LogP contribution in [0.2, 0.25) is 0 Å². The molecular formula is C15H13N3OS3. The van der Waals surface area contributed by atoms with Gasteiger partial charge in [-0.3, -0.25) is 4.79 Å². The minimum atomic E-state index is -0.143.